The van der Waals surface area contributed by atoms with Crippen molar-refractivity contribution in [1.82, 2.24) is 0 Å². The summed E-state index contributed by atoms with van der Waals surface area (Å²) in [6, 6.07) is 8.21. The zero-order valence-corrected chi connectivity index (χ0v) is 11.5. The third-order valence-corrected chi connectivity index (χ3v) is 2.86. The van der Waals surface area contributed by atoms with E-state index in [2.05, 4.69) is 0 Å². The molecule has 0 spiro atoms. The molecule has 0 amide bonds. The first-order valence-electron chi connectivity index (χ1n) is 6.08. The van der Waals surface area contributed by atoms with Crippen LogP contribution in [0.4, 0.5) is 0 Å². The fraction of sp³-hybridized carbons (Fsp3) is 0.200. The number of carbonyl (C=O) groups is 1. The van der Waals surface area contributed by atoms with E-state index in [-0.39, 0.29) is 12.2 Å². The molecule has 1 aromatic heterocycles. The van der Waals surface area contributed by atoms with Crippen molar-refractivity contribution >= 4 is 5.97 Å². The van der Waals surface area contributed by atoms with Crippen LogP contribution in [0.5, 0.6) is 11.5 Å². The number of ether oxygens (including phenoxy) is 2. The predicted octanol–water partition coefficient (Wildman–Crippen LogP) is 2.75. The zero-order chi connectivity index (χ0) is 15.4. The van der Waals surface area contributed by atoms with Gasteiger partial charge in [-0.05, 0) is 25.1 Å². The highest BCUT2D eigenvalue weighted by atomic mass is 16.5. The van der Waals surface area contributed by atoms with Crippen LogP contribution < -0.4 is 9.47 Å². The highest BCUT2D eigenvalue weighted by molar-refractivity contribution is 5.88. The second-order valence-corrected chi connectivity index (χ2v) is 4.25. The zero-order valence-electron chi connectivity index (χ0n) is 11.5. The second kappa shape index (κ2) is 6.01. The van der Waals surface area contributed by atoms with Gasteiger partial charge in [-0.15, -0.1) is 0 Å². The van der Waals surface area contributed by atoms with Crippen LogP contribution in [0, 0.1) is 18.3 Å². The Morgan fingerprint density at radius 2 is 2.14 bits per heavy atom. The van der Waals surface area contributed by atoms with E-state index in [1.54, 1.807) is 25.1 Å². The summed E-state index contributed by atoms with van der Waals surface area (Å²) in [6.45, 7) is 1.64. The second-order valence-electron chi connectivity index (χ2n) is 4.25. The summed E-state index contributed by atoms with van der Waals surface area (Å²) in [5, 5.41) is 17.8. The molecule has 6 heteroatoms. The number of nitriles is 1. The fourth-order valence-corrected chi connectivity index (χ4v) is 1.83. The number of aryl methyl sites for hydroxylation is 1. The Balaban J connectivity index is 2.15. The molecule has 0 saturated carbocycles. The minimum absolute atomic E-state index is 0.0659. The quantitative estimate of drug-likeness (QED) is 0.908. The highest BCUT2D eigenvalue weighted by Gasteiger charge is 2.14. The van der Waals surface area contributed by atoms with Crippen LogP contribution in [0.3, 0.4) is 0 Å². The number of rotatable bonds is 5. The number of benzene rings is 1. The SMILES string of the molecule is COc1cc(C#N)ccc1OCc1cc(C(=O)O)c(C)o1. The van der Waals surface area contributed by atoms with E-state index in [0.717, 1.165) is 0 Å². The van der Waals surface area contributed by atoms with Gasteiger partial charge >= 0.3 is 5.97 Å². The van der Waals surface area contributed by atoms with E-state index in [0.29, 0.717) is 28.6 Å². The van der Waals surface area contributed by atoms with Crippen LogP contribution in [-0.4, -0.2) is 18.2 Å². The highest BCUT2D eigenvalue weighted by Crippen LogP contribution is 2.29. The number of hydrogen-bond donors (Lipinski definition) is 1. The molecule has 0 fully saturated rings. The standard InChI is InChI=1S/C15H13NO5/c1-9-12(15(17)18)6-11(21-9)8-20-13-4-3-10(7-16)5-14(13)19-2/h3-6H,8H2,1-2H3,(H,17,18). The molecule has 0 unspecified atom stereocenters. The molecule has 1 N–H and O–H groups in total. The first-order chi connectivity index (χ1) is 10.0. The molecule has 2 rings (SSSR count). The van der Waals surface area contributed by atoms with Gasteiger partial charge in [0.15, 0.2) is 11.5 Å². The number of hydrogen-bond acceptors (Lipinski definition) is 5. The van der Waals surface area contributed by atoms with Gasteiger partial charge in [0.05, 0.1) is 18.7 Å². The molecule has 0 aliphatic carbocycles. The summed E-state index contributed by atoms with van der Waals surface area (Å²) in [5.41, 5.74) is 0.571. The van der Waals surface area contributed by atoms with Crippen molar-refractivity contribution < 1.29 is 23.8 Å². The van der Waals surface area contributed by atoms with E-state index >= 15 is 0 Å². The van der Waals surface area contributed by atoms with E-state index in [1.807, 2.05) is 6.07 Å². The van der Waals surface area contributed by atoms with Crippen molar-refractivity contribution in [3.63, 3.8) is 0 Å². The Morgan fingerprint density at radius 1 is 1.38 bits per heavy atom. The van der Waals surface area contributed by atoms with Crippen molar-refractivity contribution in [1.29, 1.82) is 5.26 Å². The molecule has 0 radical (unpaired) electrons. The van der Waals surface area contributed by atoms with Gasteiger partial charge < -0.3 is 19.0 Å². The smallest absolute Gasteiger partial charge is 0.339 e. The van der Waals surface area contributed by atoms with E-state index < -0.39 is 5.97 Å². The lowest BCUT2D eigenvalue weighted by Crippen LogP contribution is -1.97. The molecule has 0 bridgehead atoms. The van der Waals surface area contributed by atoms with Crippen molar-refractivity contribution in [3.05, 3.63) is 46.9 Å². The van der Waals surface area contributed by atoms with Gasteiger partial charge in [-0.25, -0.2) is 4.79 Å². The maximum atomic E-state index is 10.9. The van der Waals surface area contributed by atoms with Gasteiger partial charge in [-0.3, -0.25) is 0 Å². The van der Waals surface area contributed by atoms with Crippen LogP contribution in [0.2, 0.25) is 0 Å². The average molecular weight is 287 g/mol. The van der Waals surface area contributed by atoms with Crippen molar-refractivity contribution in [2.75, 3.05) is 7.11 Å². The van der Waals surface area contributed by atoms with Crippen LogP contribution in [-0.2, 0) is 6.61 Å². The molecule has 108 valence electrons. The molecule has 0 aliphatic rings. The van der Waals surface area contributed by atoms with Crippen LogP contribution >= 0.6 is 0 Å². The van der Waals surface area contributed by atoms with Gasteiger partial charge in [0.2, 0.25) is 0 Å². The molecule has 6 nitrogen and oxygen atoms in total. The Kier molecular flexibility index (Phi) is 4.14. The third-order valence-electron chi connectivity index (χ3n) is 2.86. The number of methoxy groups -OCH3 is 1. The summed E-state index contributed by atoms with van der Waals surface area (Å²) in [5.74, 6) is 0.556. The lowest BCUT2D eigenvalue weighted by molar-refractivity contribution is 0.0695. The Labute approximate surface area is 121 Å². The van der Waals surface area contributed by atoms with Gasteiger partial charge in [-0.2, -0.15) is 5.26 Å². The molecular weight excluding hydrogens is 274 g/mol. The summed E-state index contributed by atoms with van der Waals surface area (Å²) in [4.78, 5) is 10.9. The first kappa shape index (κ1) is 14.5. The normalized spacial score (nSPS) is 9.95. The molecule has 1 heterocycles. The summed E-state index contributed by atoms with van der Waals surface area (Å²) < 4.78 is 16.0. The Bertz CT molecular complexity index is 711. The maximum Gasteiger partial charge on any atom is 0.339 e. The van der Waals surface area contributed by atoms with Gasteiger partial charge in [0.1, 0.15) is 23.7 Å². The molecule has 0 saturated heterocycles. The largest absolute Gasteiger partial charge is 0.493 e. The average Bonchev–Trinajstić information content (AvgIpc) is 2.86. The summed E-state index contributed by atoms with van der Waals surface area (Å²) in [7, 11) is 1.48. The van der Waals surface area contributed by atoms with Gasteiger partial charge in [0, 0.05) is 6.07 Å². The Hall–Kier alpha value is -2.94. The maximum absolute atomic E-state index is 10.9. The molecule has 0 aliphatic heterocycles. The van der Waals surface area contributed by atoms with Crippen molar-refractivity contribution in [2.45, 2.75) is 13.5 Å². The molecule has 1 aromatic carbocycles. The molecule has 2 aromatic rings. The van der Waals surface area contributed by atoms with Crippen LogP contribution in [0.15, 0.2) is 28.7 Å². The predicted molar refractivity (Wildman–Crippen MR) is 72.4 cm³/mol. The minimum Gasteiger partial charge on any atom is -0.493 e. The third kappa shape index (κ3) is 3.15. The van der Waals surface area contributed by atoms with Gasteiger partial charge in [0.25, 0.3) is 0 Å². The van der Waals surface area contributed by atoms with Gasteiger partial charge in [-0.1, -0.05) is 0 Å². The molecular formula is C15H13NO5. The monoisotopic (exact) mass is 287 g/mol. The summed E-state index contributed by atoms with van der Waals surface area (Å²) in [6.07, 6.45) is 0. The topological polar surface area (TPSA) is 92.7 Å². The van der Waals surface area contributed by atoms with E-state index in [4.69, 9.17) is 24.3 Å². The molecule has 21 heavy (non-hydrogen) atoms. The Morgan fingerprint density at radius 3 is 2.71 bits per heavy atom. The van der Waals surface area contributed by atoms with E-state index in [9.17, 15) is 4.79 Å². The minimum atomic E-state index is -1.04. The van der Waals surface area contributed by atoms with Crippen LogP contribution in [0.1, 0.15) is 27.4 Å². The lowest BCUT2D eigenvalue weighted by atomic mass is 10.2. The number of nitrogens with zero attached hydrogens (tertiary/aromatic N) is 1. The van der Waals surface area contributed by atoms with Crippen LogP contribution in [0.25, 0.3) is 0 Å². The number of aromatic carboxylic acids is 1. The lowest BCUT2D eigenvalue weighted by Gasteiger charge is -2.09. The number of carboxylic acids is 1. The molecule has 0 atom stereocenters. The number of furan rings is 1. The fourth-order valence-electron chi connectivity index (χ4n) is 1.83. The number of carboxylic acid groups (broad SMARTS) is 1. The van der Waals surface area contributed by atoms with Crippen molar-refractivity contribution in [2.24, 2.45) is 0 Å². The summed E-state index contributed by atoms with van der Waals surface area (Å²) >= 11 is 0. The van der Waals surface area contributed by atoms with Crippen molar-refractivity contribution in [3.8, 4) is 17.6 Å². The van der Waals surface area contributed by atoms with E-state index in [1.165, 1.54) is 13.2 Å². The first-order valence-corrected chi connectivity index (χ1v) is 6.08.